The summed E-state index contributed by atoms with van der Waals surface area (Å²) in [5.41, 5.74) is 7.55. The third-order valence-electron chi connectivity index (χ3n) is 4.26. The number of nitrogens with zero attached hydrogens (tertiary/aromatic N) is 3. The molecule has 2 aromatic rings. The number of rotatable bonds is 2. The Morgan fingerprint density at radius 1 is 1.25 bits per heavy atom. The van der Waals surface area contributed by atoms with Crippen molar-refractivity contribution in [3.63, 3.8) is 0 Å². The molecular formula is C16H22N4. The van der Waals surface area contributed by atoms with Crippen LogP contribution in [-0.4, -0.2) is 22.6 Å². The maximum absolute atomic E-state index is 5.86. The quantitative estimate of drug-likeness (QED) is 0.850. The van der Waals surface area contributed by atoms with E-state index in [9.17, 15) is 0 Å². The Morgan fingerprint density at radius 2 is 2.15 bits per heavy atom. The third kappa shape index (κ3) is 2.42. The summed E-state index contributed by atoms with van der Waals surface area (Å²) >= 11 is 0. The number of nitrogen functional groups attached to an aromatic ring is 1. The van der Waals surface area contributed by atoms with E-state index >= 15 is 0 Å². The van der Waals surface area contributed by atoms with E-state index in [1.165, 1.54) is 32.1 Å². The first-order chi connectivity index (χ1) is 9.79. The van der Waals surface area contributed by atoms with E-state index in [1.54, 1.807) is 6.33 Å². The van der Waals surface area contributed by atoms with Gasteiger partial charge in [0, 0.05) is 23.7 Å². The van der Waals surface area contributed by atoms with Gasteiger partial charge in [-0.2, -0.15) is 0 Å². The van der Waals surface area contributed by atoms with Gasteiger partial charge in [-0.1, -0.05) is 19.8 Å². The number of anilines is 2. The predicted molar refractivity (Wildman–Crippen MR) is 83.8 cm³/mol. The zero-order chi connectivity index (χ0) is 13.9. The second kappa shape index (κ2) is 5.65. The summed E-state index contributed by atoms with van der Waals surface area (Å²) in [4.78, 5) is 11.4. The first-order valence-corrected chi connectivity index (χ1v) is 7.56. The van der Waals surface area contributed by atoms with Crippen LogP contribution >= 0.6 is 0 Å². The van der Waals surface area contributed by atoms with E-state index < -0.39 is 0 Å². The number of aromatic nitrogens is 2. The van der Waals surface area contributed by atoms with Crippen LogP contribution in [0.25, 0.3) is 10.9 Å². The van der Waals surface area contributed by atoms with E-state index in [1.807, 2.05) is 12.1 Å². The summed E-state index contributed by atoms with van der Waals surface area (Å²) in [5.74, 6) is 1.07. The highest BCUT2D eigenvalue weighted by atomic mass is 15.2. The first-order valence-electron chi connectivity index (χ1n) is 7.56. The molecular weight excluding hydrogens is 248 g/mol. The fraction of sp³-hybridized carbons (Fsp3) is 0.500. The second-order valence-electron chi connectivity index (χ2n) is 5.58. The molecule has 4 heteroatoms. The Kier molecular flexibility index (Phi) is 3.72. The monoisotopic (exact) mass is 270 g/mol. The lowest BCUT2D eigenvalue weighted by Gasteiger charge is -2.31. The molecule has 20 heavy (non-hydrogen) atoms. The highest BCUT2D eigenvalue weighted by Crippen LogP contribution is 2.30. The Labute approximate surface area is 120 Å². The zero-order valence-electron chi connectivity index (χ0n) is 12.0. The van der Waals surface area contributed by atoms with Crippen LogP contribution in [0.2, 0.25) is 0 Å². The standard InChI is InChI=1S/C16H22N4/c1-2-13-6-4-3-5-9-20(13)16-14-8-7-12(17)10-15(14)18-11-19-16/h7-8,10-11,13H,2-6,9,17H2,1H3. The molecule has 1 aliphatic rings. The van der Waals surface area contributed by atoms with Gasteiger partial charge in [-0.3, -0.25) is 0 Å². The molecule has 1 aromatic carbocycles. The minimum atomic E-state index is 0.591. The van der Waals surface area contributed by atoms with Crippen LogP contribution in [0.15, 0.2) is 24.5 Å². The van der Waals surface area contributed by atoms with Crippen molar-refractivity contribution in [3.8, 4) is 0 Å². The van der Waals surface area contributed by atoms with Crippen LogP contribution < -0.4 is 10.6 Å². The van der Waals surface area contributed by atoms with E-state index in [-0.39, 0.29) is 0 Å². The van der Waals surface area contributed by atoms with Crippen molar-refractivity contribution in [2.45, 2.75) is 45.1 Å². The van der Waals surface area contributed by atoms with Crippen LogP contribution in [0, 0.1) is 0 Å². The lowest BCUT2D eigenvalue weighted by atomic mass is 10.1. The fourth-order valence-corrected chi connectivity index (χ4v) is 3.17. The normalized spacial score (nSPS) is 20.1. The number of fused-ring (bicyclic) bond motifs is 1. The van der Waals surface area contributed by atoms with Gasteiger partial charge in [0.1, 0.15) is 12.1 Å². The highest BCUT2D eigenvalue weighted by molar-refractivity contribution is 5.91. The summed E-state index contributed by atoms with van der Waals surface area (Å²) in [7, 11) is 0. The Morgan fingerprint density at radius 3 is 3.00 bits per heavy atom. The molecule has 1 fully saturated rings. The fourth-order valence-electron chi connectivity index (χ4n) is 3.17. The smallest absolute Gasteiger partial charge is 0.140 e. The van der Waals surface area contributed by atoms with Crippen molar-refractivity contribution in [2.24, 2.45) is 0 Å². The molecule has 4 nitrogen and oxygen atoms in total. The molecule has 2 N–H and O–H groups in total. The molecule has 0 bridgehead atoms. The summed E-state index contributed by atoms with van der Waals surface area (Å²) < 4.78 is 0. The van der Waals surface area contributed by atoms with Crippen molar-refractivity contribution >= 4 is 22.4 Å². The molecule has 0 radical (unpaired) electrons. The van der Waals surface area contributed by atoms with Crippen LogP contribution in [0.5, 0.6) is 0 Å². The minimum absolute atomic E-state index is 0.591. The van der Waals surface area contributed by atoms with Gasteiger partial charge in [-0.05, 0) is 37.5 Å². The summed E-state index contributed by atoms with van der Waals surface area (Å²) in [6, 6.07) is 6.51. The first kappa shape index (κ1) is 13.2. The molecule has 1 aromatic heterocycles. The largest absolute Gasteiger partial charge is 0.399 e. The highest BCUT2D eigenvalue weighted by Gasteiger charge is 2.22. The number of hydrogen-bond acceptors (Lipinski definition) is 4. The lowest BCUT2D eigenvalue weighted by Crippen LogP contribution is -2.35. The van der Waals surface area contributed by atoms with Crippen LogP contribution in [0.4, 0.5) is 11.5 Å². The summed E-state index contributed by atoms with van der Waals surface area (Å²) in [6.45, 7) is 3.36. The molecule has 1 saturated heterocycles. The van der Waals surface area contributed by atoms with Gasteiger partial charge in [0.15, 0.2) is 0 Å². The number of hydrogen-bond donors (Lipinski definition) is 1. The summed E-state index contributed by atoms with van der Waals surface area (Å²) in [6.07, 6.45) is 7.98. The van der Waals surface area contributed by atoms with Crippen molar-refractivity contribution in [1.29, 1.82) is 0 Å². The Balaban J connectivity index is 2.07. The van der Waals surface area contributed by atoms with Gasteiger partial charge in [0.05, 0.1) is 5.52 Å². The molecule has 0 aliphatic carbocycles. The molecule has 0 saturated carbocycles. The van der Waals surface area contributed by atoms with Crippen molar-refractivity contribution in [3.05, 3.63) is 24.5 Å². The van der Waals surface area contributed by atoms with Gasteiger partial charge in [-0.15, -0.1) is 0 Å². The van der Waals surface area contributed by atoms with E-state index in [2.05, 4.69) is 27.9 Å². The predicted octanol–water partition coefficient (Wildman–Crippen LogP) is 3.37. The topological polar surface area (TPSA) is 55.0 Å². The van der Waals surface area contributed by atoms with Crippen LogP contribution in [-0.2, 0) is 0 Å². The lowest BCUT2D eigenvalue weighted by molar-refractivity contribution is 0.553. The van der Waals surface area contributed by atoms with Gasteiger partial charge < -0.3 is 10.6 Å². The molecule has 0 amide bonds. The molecule has 1 atom stereocenters. The van der Waals surface area contributed by atoms with Crippen LogP contribution in [0.1, 0.15) is 39.0 Å². The zero-order valence-corrected chi connectivity index (χ0v) is 12.0. The second-order valence-corrected chi connectivity index (χ2v) is 5.58. The third-order valence-corrected chi connectivity index (χ3v) is 4.26. The Hall–Kier alpha value is -1.84. The van der Waals surface area contributed by atoms with Crippen molar-refractivity contribution in [1.82, 2.24) is 9.97 Å². The molecule has 2 heterocycles. The van der Waals surface area contributed by atoms with Gasteiger partial charge in [-0.25, -0.2) is 9.97 Å². The van der Waals surface area contributed by atoms with E-state index in [0.717, 1.165) is 29.0 Å². The van der Waals surface area contributed by atoms with E-state index in [4.69, 9.17) is 5.73 Å². The van der Waals surface area contributed by atoms with Gasteiger partial charge in [0.2, 0.25) is 0 Å². The van der Waals surface area contributed by atoms with E-state index in [0.29, 0.717) is 6.04 Å². The average Bonchev–Trinajstić information content (AvgIpc) is 2.71. The molecule has 3 rings (SSSR count). The number of nitrogens with two attached hydrogens (primary N) is 1. The molecule has 1 unspecified atom stereocenters. The van der Waals surface area contributed by atoms with Crippen molar-refractivity contribution in [2.75, 3.05) is 17.2 Å². The van der Waals surface area contributed by atoms with Gasteiger partial charge in [0.25, 0.3) is 0 Å². The molecule has 106 valence electrons. The average molecular weight is 270 g/mol. The van der Waals surface area contributed by atoms with Gasteiger partial charge >= 0.3 is 0 Å². The minimum Gasteiger partial charge on any atom is -0.399 e. The van der Waals surface area contributed by atoms with Crippen LogP contribution in [0.3, 0.4) is 0 Å². The number of benzene rings is 1. The maximum Gasteiger partial charge on any atom is 0.140 e. The molecule has 1 aliphatic heterocycles. The maximum atomic E-state index is 5.86. The molecule has 0 spiro atoms. The van der Waals surface area contributed by atoms with Crippen molar-refractivity contribution < 1.29 is 0 Å². The SMILES string of the molecule is CCC1CCCCCN1c1ncnc2cc(N)ccc12. The Bertz CT molecular complexity index is 596. The summed E-state index contributed by atoms with van der Waals surface area (Å²) in [5, 5.41) is 1.11.